The number of carbonyl (C=O) groups excluding carboxylic acids is 1. The molecule has 2 bridgehead atoms. The molecule has 3 heteroatoms. The summed E-state index contributed by atoms with van der Waals surface area (Å²) in [6, 6.07) is 1.11. The number of amides is 1. The normalized spacial score (nSPS) is 34.9. The van der Waals surface area contributed by atoms with Gasteiger partial charge < -0.3 is 10.2 Å². The first-order valence-corrected chi connectivity index (χ1v) is 5.73. The monoisotopic (exact) mass is 196 g/mol. The van der Waals surface area contributed by atoms with Gasteiger partial charge in [0, 0.05) is 25.7 Å². The summed E-state index contributed by atoms with van der Waals surface area (Å²) >= 11 is 0. The molecule has 2 fully saturated rings. The van der Waals surface area contributed by atoms with Gasteiger partial charge in [0.15, 0.2) is 0 Å². The zero-order valence-electron chi connectivity index (χ0n) is 9.12. The van der Waals surface area contributed by atoms with Gasteiger partial charge in [-0.25, -0.2) is 0 Å². The van der Waals surface area contributed by atoms with Crippen LogP contribution in [0.3, 0.4) is 0 Å². The van der Waals surface area contributed by atoms with Gasteiger partial charge in [-0.05, 0) is 25.7 Å². The molecule has 2 rings (SSSR count). The average molecular weight is 196 g/mol. The molecule has 80 valence electrons. The van der Waals surface area contributed by atoms with Gasteiger partial charge in [0.1, 0.15) is 0 Å². The second-order valence-electron chi connectivity index (χ2n) is 4.65. The molecule has 0 aromatic heterocycles. The molecule has 2 aliphatic heterocycles. The maximum Gasteiger partial charge on any atom is 0.227 e. The van der Waals surface area contributed by atoms with E-state index in [0.29, 0.717) is 18.0 Å². The van der Waals surface area contributed by atoms with E-state index in [9.17, 15) is 4.79 Å². The fourth-order valence-corrected chi connectivity index (χ4v) is 2.83. The van der Waals surface area contributed by atoms with Gasteiger partial charge in [-0.1, -0.05) is 6.92 Å². The van der Waals surface area contributed by atoms with Crippen molar-refractivity contribution in [2.45, 2.75) is 44.7 Å². The summed E-state index contributed by atoms with van der Waals surface area (Å²) in [5, 5.41) is 3.51. The van der Waals surface area contributed by atoms with Crippen LogP contribution in [0.25, 0.3) is 0 Å². The van der Waals surface area contributed by atoms with E-state index in [1.165, 1.54) is 12.8 Å². The fraction of sp³-hybridized carbons (Fsp3) is 0.909. The molecule has 14 heavy (non-hydrogen) atoms. The van der Waals surface area contributed by atoms with Crippen LogP contribution in [0.4, 0.5) is 0 Å². The lowest BCUT2D eigenvalue weighted by Gasteiger charge is -2.25. The minimum Gasteiger partial charge on any atom is -0.345 e. The summed E-state index contributed by atoms with van der Waals surface area (Å²) in [6.45, 7) is 3.01. The van der Waals surface area contributed by atoms with Crippen LogP contribution in [-0.4, -0.2) is 36.5 Å². The summed E-state index contributed by atoms with van der Waals surface area (Å²) in [6.07, 6.45) is 4.58. The molecule has 0 radical (unpaired) electrons. The summed E-state index contributed by atoms with van der Waals surface area (Å²) in [5.74, 6) is 0.622. The minimum absolute atomic E-state index is 0.269. The average Bonchev–Trinajstić information content (AvgIpc) is 2.77. The summed E-state index contributed by atoms with van der Waals surface area (Å²) < 4.78 is 0. The molecule has 3 atom stereocenters. The quantitative estimate of drug-likeness (QED) is 0.730. The smallest absolute Gasteiger partial charge is 0.227 e. The third-order valence-electron chi connectivity index (χ3n) is 3.55. The number of hydrogen-bond donors (Lipinski definition) is 1. The lowest BCUT2D eigenvalue weighted by molar-refractivity contribution is -0.134. The molecule has 0 aliphatic carbocycles. The third kappa shape index (κ3) is 1.65. The van der Waals surface area contributed by atoms with Crippen molar-refractivity contribution >= 4 is 5.91 Å². The highest BCUT2D eigenvalue weighted by Crippen LogP contribution is 2.34. The Kier molecular flexibility index (Phi) is 2.77. The van der Waals surface area contributed by atoms with Crippen LogP contribution in [0.5, 0.6) is 0 Å². The molecule has 0 aromatic carbocycles. The molecule has 0 spiro atoms. The Labute approximate surface area is 85.8 Å². The first-order chi connectivity index (χ1) is 6.72. The number of rotatable bonds is 3. The van der Waals surface area contributed by atoms with Crippen molar-refractivity contribution in [2.24, 2.45) is 5.92 Å². The van der Waals surface area contributed by atoms with Crippen LogP contribution in [0, 0.1) is 5.92 Å². The van der Waals surface area contributed by atoms with E-state index in [2.05, 4.69) is 12.2 Å². The zero-order valence-corrected chi connectivity index (χ0v) is 9.12. The van der Waals surface area contributed by atoms with Gasteiger partial charge in [0.2, 0.25) is 5.91 Å². The maximum atomic E-state index is 12.0. The van der Waals surface area contributed by atoms with Crippen molar-refractivity contribution in [1.29, 1.82) is 0 Å². The molecule has 0 saturated carbocycles. The Balaban J connectivity index is 1.92. The molecule has 3 unspecified atom stereocenters. The number of hydrogen-bond acceptors (Lipinski definition) is 2. The van der Waals surface area contributed by atoms with Gasteiger partial charge in [-0.2, -0.15) is 0 Å². The number of fused-ring (bicyclic) bond motifs is 2. The molecule has 3 nitrogen and oxygen atoms in total. The molecule has 2 aliphatic rings. The Morgan fingerprint density at radius 1 is 1.50 bits per heavy atom. The molecule has 0 aromatic rings. The summed E-state index contributed by atoms with van der Waals surface area (Å²) in [7, 11) is 1.93. The maximum absolute atomic E-state index is 12.0. The summed E-state index contributed by atoms with van der Waals surface area (Å²) in [5.41, 5.74) is 0. The highest BCUT2D eigenvalue weighted by atomic mass is 16.2. The largest absolute Gasteiger partial charge is 0.345 e. The SMILES string of the molecule is CCCN(C)C(=O)C1CC2CCC1N2. The molecular weight excluding hydrogens is 176 g/mol. The Morgan fingerprint density at radius 3 is 2.79 bits per heavy atom. The molecule has 2 saturated heterocycles. The zero-order chi connectivity index (χ0) is 10.1. The lowest BCUT2D eigenvalue weighted by Crippen LogP contribution is -2.39. The standard InChI is InChI=1S/C11H20N2O/c1-3-6-13(2)11(14)9-7-8-4-5-10(9)12-8/h8-10,12H,3-7H2,1-2H3. The van der Waals surface area contributed by atoms with E-state index in [1.54, 1.807) is 0 Å². The number of nitrogens with zero attached hydrogens (tertiary/aromatic N) is 1. The molecule has 1 N–H and O–H groups in total. The van der Waals surface area contributed by atoms with E-state index in [0.717, 1.165) is 19.4 Å². The van der Waals surface area contributed by atoms with Gasteiger partial charge in [-0.15, -0.1) is 0 Å². The second-order valence-corrected chi connectivity index (χ2v) is 4.65. The van der Waals surface area contributed by atoms with Crippen molar-refractivity contribution in [1.82, 2.24) is 10.2 Å². The third-order valence-corrected chi connectivity index (χ3v) is 3.55. The number of carbonyl (C=O) groups is 1. The van der Waals surface area contributed by atoms with Crippen LogP contribution < -0.4 is 5.32 Å². The van der Waals surface area contributed by atoms with Crippen molar-refractivity contribution < 1.29 is 4.79 Å². The lowest BCUT2D eigenvalue weighted by atomic mass is 9.88. The second kappa shape index (κ2) is 3.89. The predicted octanol–water partition coefficient (Wildman–Crippen LogP) is 0.995. The Hall–Kier alpha value is -0.570. The van der Waals surface area contributed by atoms with E-state index >= 15 is 0 Å². The van der Waals surface area contributed by atoms with Crippen molar-refractivity contribution in [3.05, 3.63) is 0 Å². The minimum atomic E-state index is 0.269. The van der Waals surface area contributed by atoms with Gasteiger partial charge in [-0.3, -0.25) is 4.79 Å². The van der Waals surface area contributed by atoms with Crippen molar-refractivity contribution in [3.63, 3.8) is 0 Å². The van der Waals surface area contributed by atoms with Crippen LogP contribution in [0.1, 0.15) is 32.6 Å². The Morgan fingerprint density at radius 2 is 2.29 bits per heavy atom. The predicted molar refractivity (Wildman–Crippen MR) is 56.0 cm³/mol. The van der Waals surface area contributed by atoms with E-state index in [4.69, 9.17) is 0 Å². The first kappa shape index (κ1) is 9.97. The van der Waals surface area contributed by atoms with Crippen LogP contribution in [0.2, 0.25) is 0 Å². The number of nitrogens with one attached hydrogen (secondary N) is 1. The summed E-state index contributed by atoms with van der Waals surface area (Å²) in [4.78, 5) is 13.9. The Bertz CT molecular complexity index is 229. The highest BCUT2D eigenvalue weighted by Gasteiger charge is 2.43. The van der Waals surface area contributed by atoms with Crippen LogP contribution in [0.15, 0.2) is 0 Å². The topological polar surface area (TPSA) is 32.3 Å². The van der Waals surface area contributed by atoms with Crippen molar-refractivity contribution in [2.75, 3.05) is 13.6 Å². The molecule has 2 heterocycles. The van der Waals surface area contributed by atoms with Gasteiger partial charge in [0.25, 0.3) is 0 Å². The van der Waals surface area contributed by atoms with E-state index < -0.39 is 0 Å². The van der Waals surface area contributed by atoms with Crippen LogP contribution >= 0.6 is 0 Å². The van der Waals surface area contributed by atoms with Gasteiger partial charge >= 0.3 is 0 Å². The molecule has 1 amide bonds. The molecular formula is C11H20N2O. The highest BCUT2D eigenvalue weighted by molar-refractivity contribution is 5.80. The van der Waals surface area contributed by atoms with E-state index in [-0.39, 0.29) is 5.92 Å². The van der Waals surface area contributed by atoms with Gasteiger partial charge in [0.05, 0.1) is 5.92 Å². The van der Waals surface area contributed by atoms with Crippen LogP contribution in [-0.2, 0) is 4.79 Å². The first-order valence-electron chi connectivity index (χ1n) is 5.73. The fourth-order valence-electron chi connectivity index (χ4n) is 2.83. The van der Waals surface area contributed by atoms with E-state index in [1.807, 2.05) is 11.9 Å². The van der Waals surface area contributed by atoms with Crippen molar-refractivity contribution in [3.8, 4) is 0 Å².